The van der Waals surface area contributed by atoms with Crippen molar-refractivity contribution in [3.8, 4) is 11.8 Å². The molecule has 0 saturated heterocycles. The fourth-order valence-corrected chi connectivity index (χ4v) is 2.42. The summed E-state index contributed by atoms with van der Waals surface area (Å²) in [6.07, 6.45) is -1.86. The van der Waals surface area contributed by atoms with E-state index < -0.39 is 24.1 Å². The summed E-state index contributed by atoms with van der Waals surface area (Å²) < 4.78 is 10.7. The summed E-state index contributed by atoms with van der Waals surface area (Å²) in [5, 5.41) is 11.6. The van der Waals surface area contributed by atoms with E-state index in [2.05, 4.69) is 5.32 Å². The molecular weight excluding hydrogens is 344 g/mol. The maximum atomic E-state index is 12.3. The van der Waals surface area contributed by atoms with Crippen LogP contribution in [0.3, 0.4) is 0 Å². The molecule has 2 aromatic rings. The van der Waals surface area contributed by atoms with Gasteiger partial charge in [-0.15, -0.1) is 0 Å². The van der Waals surface area contributed by atoms with Gasteiger partial charge in [0.2, 0.25) is 0 Å². The van der Waals surface area contributed by atoms with Crippen LogP contribution in [-0.2, 0) is 14.3 Å². The number of carbonyl (C=O) groups is 2. The van der Waals surface area contributed by atoms with Gasteiger partial charge < -0.3 is 14.8 Å². The zero-order valence-electron chi connectivity index (χ0n) is 15.8. The molecular formula is C21H22N2O4. The van der Waals surface area contributed by atoms with Crippen LogP contribution in [-0.4, -0.2) is 24.1 Å². The van der Waals surface area contributed by atoms with Crippen molar-refractivity contribution in [3.63, 3.8) is 0 Å². The maximum Gasteiger partial charge on any atom is 0.347 e. The van der Waals surface area contributed by atoms with E-state index in [-0.39, 0.29) is 0 Å². The van der Waals surface area contributed by atoms with E-state index in [0.29, 0.717) is 17.0 Å². The Morgan fingerprint density at radius 2 is 1.59 bits per heavy atom. The highest BCUT2D eigenvalue weighted by atomic mass is 16.6. The lowest BCUT2D eigenvalue weighted by molar-refractivity contribution is -0.159. The third-order valence-corrected chi connectivity index (χ3v) is 4.02. The Balaban J connectivity index is 1.93. The number of ether oxygens (including phenoxy) is 2. The van der Waals surface area contributed by atoms with Gasteiger partial charge in [0.1, 0.15) is 5.75 Å². The number of rotatable bonds is 6. The van der Waals surface area contributed by atoms with Crippen molar-refractivity contribution in [2.75, 3.05) is 5.32 Å². The van der Waals surface area contributed by atoms with E-state index in [0.717, 1.165) is 11.1 Å². The average Bonchev–Trinajstić information content (AvgIpc) is 2.65. The molecule has 6 nitrogen and oxygen atoms in total. The predicted octanol–water partition coefficient (Wildman–Crippen LogP) is 3.51. The number of esters is 1. The lowest BCUT2D eigenvalue weighted by Crippen LogP contribution is -2.35. The molecule has 0 spiro atoms. The molecule has 0 unspecified atom stereocenters. The fraction of sp³-hybridized carbons (Fsp3) is 0.286. The second kappa shape index (κ2) is 8.86. The molecule has 1 amide bonds. The molecule has 2 atom stereocenters. The lowest BCUT2D eigenvalue weighted by Gasteiger charge is -2.19. The largest absolute Gasteiger partial charge is 0.479 e. The highest BCUT2D eigenvalue weighted by molar-refractivity contribution is 5.96. The van der Waals surface area contributed by atoms with Crippen molar-refractivity contribution in [3.05, 3.63) is 59.2 Å². The first kappa shape index (κ1) is 20.0. The van der Waals surface area contributed by atoms with Crippen LogP contribution in [0.25, 0.3) is 0 Å². The van der Waals surface area contributed by atoms with Crippen molar-refractivity contribution < 1.29 is 19.1 Å². The number of nitrogens with zero attached hydrogens (tertiary/aromatic N) is 1. The molecule has 0 bridgehead atoms. The first-order chi connectivity index (χ1) is 12.8. The van der Waals surface area contributed by atoms with Gasteiger partial charge in [-0.3, -0.25) is 4.79 Å². The predicted molar refractivity (Wildman–Crippen MR) is 101 cm³/mol. The number of hydrogen-bond acceptors (Lipinski definition) is 5. The second-order valence-electron chi connectivity index (χ2n) is 6.23. The van der Waals surface area contributed by atoms with Gasteiger partial charge in [-0.1, -0.05) is 18.2 Å². The molecule has 0 saturated carbocycles. The molecule has 140 valence electrons. The summed E-state index contributed by atoms with van der Waals surface area (Å²) in [6.45, 7) is 6.84. The lowest BCUT2D eigenvalue weighted by atomic mass is 10.1. The zero-order chi connectivity index (χ0) is 20.0. The van der Waals surface area contributed by atoms with E-state index in [1.54, 1.807) is 24.3 Å². The van der Waals surface area contributed by atoms with E-state index in [1.165, 1.54) is 13.8 Å². The Labute approximate surface area is 158 Å². The van der Waals surface area contributed by atoms with Gasteiger partial charge in [-0.05, 0) is 63.1 Å². The van der Waals surface area contributed by atoms with Crippen LogP contribution in [0.15, 0.2) is 42.5 Å². The molecule has 0 aliphatic rings. The molecule has 2 aromatic carbocycles. The first-order valence-electron chi connectivity index (χ1n) is 8.56. The van der Waals surface area contributed by atoms with Crippen LogP contribution in [0.2, 0.25) is 0 Å². The Bertz CT molecular complexity index is 848. The van der Waals surface area contributed by atoms with Crippen LogP contribution in [0, 0.1) is 25.2 Å². The Kier molecular flexibility index (Phi) is 6.56. The Morgan fingerprint density at radius 3 is 2.15 bits per heavy atom. The van der Waals surface area contributed by atoms with Crippen molar-refractivity contribution in [1.29, 1.82) is 5.26 Å². The minimum Gasteiger partial charge on any atom is -0.479 e. The normalized spacial score (nSPS) is 12.4. The molecule has 1 N–H and O–H groups in total. The van der Waals surface area contributed by atoms with Gasteiger partial charge in [0.05, 0.1) is 11.6 Å². The summed E-state index contributed by atoms with van der Waals surface area (Å²) >= 11 is 0. The first-order valence-corrected chi connectivity index (χ1v) is 8.56. The van der Waals surface area contributed by atoms with Crippen LogP contribution < -0.4 is 10.1 Å². The van der Waals surface area contributed by atoms with Crippen molar-refractivity contribution in [2.45, 2.75) is 39.9 Å². The average molecular weight is 366 g/mol. The number of anilines is 1. The van der Waals surface area contributed by atoms with E-state index in [9.17, 15) is 9.59 Å². The van der Waals surface area contributed by atoms with Gasteiger partial charge in [0, 0.05) is 5.69 Å². The van der Waals surface area contributed by atoms with Gasteiger partial charge in [-0.25, -0.2) is 4.79 Å². The molecule has 0 aliphatic carbocycles. The summed E-state index contributed by atoms with van der Waals surface area (Å²) in [5.74, 6) is -0.624. The number of amides is 1. The van der Waals surface area contributed by atoms with Gasteiger partial charge in [0.25, 0.3) is 5.91 Å². The minimum absolute atomic E-state index is 0.411. The third kappa shape index (κ3) is 5.32. The number of benzene rings is 2. The fourth-order valence-electron chi connectivity index (χ4n) is 2.42. The van der Waals surface area contributed by atoms with E-state index in [4.69, 9.17) is 14.7 Å². The van der Waals surface area contributed by atoms with Gasteiger partial charge in [-0.2, -0.15) is 5.26 Å². The number of carbonyl (C=O) groups excluding carboxylic acids is 2. The Hall–Kier alpha value is -3.33. The summed E-state index contributed by atoms with van der Waals surface area (Å²) in [4.78, 5) is 24.5. The Morgan fingerprint density at radius 1 is 1.00 bits per heavy atom. The van der Waals surface area contributed by atoms with E-state index >= 15 is 0 Å². The zero-order valence-corrected chi connectivity index (χ0v) is 15.8. The molecule has 2 rings (SSSR count). The summed E-state index contributed by atoms with van der Waals surface area (Å²) in [5.41, 5.74) is 3.07. The van der Waals surface area contributed by atoms with Gasteiger partial charge >= 0.3 is 5.97 Å². The number of nitrogens with one attached hydrogen (secondary N) is 1. The summed E-state index contributed by atoms with van der Waals surface area (Å²) in [7, 11) is 0. The molecule has 0 heterocycles. The maximum absolute atomic E-state index is 12.3. The van der Waals surface area contributed by atoms with Crippen molar-refractivity contribution >= 4 is 17.6 Å². The summed E-state index contributed by atoms with van der Waals surface area (Å²) in [6, 6.07) is 14.1. The third-order valence-electron chi connectivity index (χ3n) is 4.02. The quantitative estimate of drug-likeness (QED) is 0.790. The standard InChI is InChI=1S/C21H22N2O4/c1-13-6-5-7-14(2)19(13)23-20(24)15(3)27-21(25)16(4)26-18-10-8-17(12-22)9-11-18/h5-11,15-16H,1-4H3,(H,23,24)/t15-,16-/m1/s1. The SMILES string of the molecule is Cc1cccc(C)c1NC(=O)[C@@H](C)OC(=O)[C@@H](C)Oc1ccc(C#N)cc1. The topological polar surface area (TPSA) is 88.4 Å². The van der Waals surface area contributed by atoms with E-state index in [1.807, 2.05) is 38.1 Å². The highest BCUT2D eigenvalue weighted by Crippen LogP contribution is 2.20. The number of hydrogen-bond donors (Lipinski definition) is 1. The minimum atomic E-state index is -0.969. The molecule has 0 aromatic heterocycles. The molecule has 0 radical (unpaired) electrons. The van der Waals surface area contributed by atoms with Crippen LogP contribution in [0.4, 0.5) is 5.69 Å². The monoisotopic (exact) mass is 366 g/mol. The number of aryl methyl sites for hydroxylation is 2. The van der Waals surface area contributed by atoms with Gasteiger partial charge in [0.15, 0.2) is 12.2 Å². The van der Waals surface area contributed by atoms with Crippen LogP contribution in [0.5, 0.6) is 5.75 Å². The van der Waals surface area contributed by atoms with Crippen molar-refractivity contribution in [1.82, 2.24) is 0 Å². The highest BCUT2D eigenvalue weighted by Gasteiger charge is 2.24. The second-order valence-corrected chi connectivity index (χ2v) is 6.23. The molecule has 27 heavy (non-hydrogen) atoms. The molecule has 6 heteroatoms. The molecule has 0 aliphatic heterocycles. The van der Waals surface area contributed by atoms with Crippen LogP contribution >= 0.6 is 0 Å². The number of para-hydroxylation sites is 1. The smallest absolute Gasteiger partial charge is 0.347 e. The van der Waals surface area contributed by atoms with Crippen molar-refractivity contribution in [2.24, 2.45) is 0 Å². The number of nitriles is 1. The molecule has 0 fully saturated rings. The van der Waals surface area contributed by atoms with Crippen LogP contribution in [0.1, 0.15) is 30.5 Å².